The molecule has 0 aliphatic carbocycles. The van der Waals surface area contributed by atoms with Crippen LogP contribution < -0.4 is 5.32 Å². The van der Waals surface area contributed by atoms with Gasteiger partial charge in [0.15, 0.2) is 0 Å². The van der Waals surface area contributed by atoms with Gasteiger partial charge in [0, 0.05) is 37.6 Å². The summed E-state index contributed by atoms with van der Waals surface area (Å²) in [7, 11) is 0. The third-order valence-corrected chi connectivity index (χ3v) is 3.29. The van der Waals surface area contributed by atoms with E-state index in [1.165, 1.54) is 0 Å². The van der Waals surface area contributed by atoms with Gasteiger partial charge in [0.2, 0.25) is 0 Å². The minimum absolute atomic E-state index is 0.142. The van der Waals surface area contributed by atoms with Gasteiger partial charge in [-0.25, -0.2) is 0 Å². The van der Waals surface area contributed by atoms with Crippen molar-refractivity contribution in [1.29, 1.82) is 0 Å². The topological polar surface area (TPSA) is 15.3 Å². The fourth-order valence-corrected chi connectivity index (χ4v) is 2.26. The minimum Gasteiger partial charge on any atom is -0.313 e. The highest BCUT2D eigenvalue weighted by Gasteiger charge is 2.26. The van der Waals surface area contributed by atoms with Crippen molar-refractivity contribution in [2.45, 2.75) is 78.2 Å². The van der Waals surface area contributed by atoms with Crippen LogP contribution in [0, 0.1) is 0 Å². The maximum atomic E-state index is 12.0. The monoisotopic (exact) mass is 282 g/mol. The largest absolute Gasteiger partial charge is 0.389 e. The van der Waals surface area contributed by atoms with Gasteiger partial charge in [-0.2, -0.15) is 13.2 Å². The molecule has 1 unspecified atom stereocenters. The van der Waals surface area contributed by atoms with Crippen LogP contribution in [-0.4, -0.2) is 42.3 Å². The summed E-state index contributed by atoms with van der Waals surface area (Å²) in [6, 6.07) is 1.12. The van der Waals surface area contributed by atoms with E-state index in [0.29, 0.717) is 18.5 Å². The summed E-state index contributed by atoms with van der Waals surface area (Å²) in [4.78, 5) is 2.37. The number of rotatable bonds is 9. The quantitative estimate of drug-likeness (QED) is 0.691. The predicted molar refractivity (Wildman–Crippen MR) is 74.3 cm³/mol. The molecular weight excluding hydrogens is 253 g/mol. The van der Waals surface area contributed by atoms with E-state index >= 15 is 0 Å². The third kappa shape index (κ3) is 10.2. The lowest BCUT2D eigenvalue weighted by Crippen LogP contribution is -2.42. The average Bonchev–Trinajstić information content (AvgIpc) is 2.21. The van der Waals surface area contributed by atoms with Gasteiger partial charge in [-0.3, -0.25) is 4.90 Å². The molecule has 5 heteroatoms. The first-order valence-corrected chi connectivity index (χ1v) is 7.19. The molecule has 0 aromatic rings. The van der Waals surface area contributed by atoms with E-state index < -0.39 is 12.6 Å². The summed E-state index contributed by atoms with van der Waals surface area (Å²) in [5.41, 5.74) is 0. The van der Waals surface area contributed by atoms with E-state index in [1.54, 1.807) is 0 Å². The fraction of sp³-hybridized carbons (Fsp3) is 1.00. The molecule has 0 heterocycles. The molecule has 0 spiro atoms. The Hall–Kier alpha value is -0.290. The summed E-state index contributed by atoms with van der Waals surface area (Å²) in [6.45, 7) is 12.3. The van der Waals surface area contributed by atoms with Gasteiger partial charge in [0.25, 0.3) is 0 Å². The highest BCUT2D eigenvalue weighted by Crippen LogP contribution is 2.22. The molecule has 0 bridgehead atoms. The second-order valence-electron chi connectivity index (χ2n) is 5.79. The first-order valence-electron chi connectivity index (χ1n) is 7.19. The van der Waals surface area contributed by atoms with Crippen LogP contribution in [0.4, 0.5) is 13.2 Å². The lowest BCUT2D eigenvalue weighted by molar-refractivity contribution is -0.135. The van der Waals surface area contributed by atoms with Gasteiger partial charge in [-0.05, 0) is 47.5 Å². The predicted octanol–water partition coefficient (Wildman–Crippen LogP) is 3.82. The van der Waals surface area contributed by atoms with Crippen LogP contribution >= 0.6 is 0 Å². The van der Waals surface area contributed by atoms with Crippen molar-refractivity contribution in [3.63, 3.8) is 0 Å². The number of halogens is 3. The SMILES string of the molecule is CC(CCCC(F)(F)F)NCCN(C(C)C)C(C)C. The molecule has 1 atom stereocenters. The fourth-order valence-electron chi connectivity index (χ4n) is 2.26. The van der Waals surface area contributed by atoms with Crippen molar-refractivity contribution in [1.82, 2.24) is 10.2 Å². The maximum Gasteiger partial charge on any atom is 0.389 e. The molecule has 2 nitrogen and oxygen atoms in total. The van der Waals surface area contributed by atoms with Crippen molar-refractivity contribution in [3.8, 4) is 0 Å². The summed E-state index contributed by atoms with van der Waals surface area (Å²) in [5, 5.41) is 3.30. The third-order valence-electron chi connectivity index (χ3n) is 3.29. The van der Waals surface area contributed by atoms with Gasteiger partial charge >= 0.3 is 6.18 Å². The Bertz CT molecular complexity index is 219. The Morgan fingerprint density at radius 2 is 1.53 bits per heavy atom. The highest BCUT2D eigenvalue weighted by atomic mass is 19.4. The molecule has 1 N–H and O–H groups in total. The summed E-state index contributed by atoms with van der Waals surface area (Å²) < 4.78 is 36.0. The molecular formula is C14H29F3N2. The zero-order valence-electron chi connectivity index (χ0n) is 12.8. The smallest absolute Gasteiger partial charge is 0.313 e. The van der Waals surface area contributed by atoms with Gasteiger partial charge in [-0.1, -0.05) is 0 Å². The summed E-state index contributed by atoms with van der Waals surface area (Å²) in [5.74, 6) is 0. The first kappa shape index (κ1) is 18.7. The van der Waals surface area contributed by atoms with Crippen LogP contribution in [0.3, 0.4) is 0 Å². The Balaban J connectivity index is 3.76. The van der Waals surface area contributed by atoms with Crippen LogP contribution in [0.1, 0.15) is 53.9 Å². The van der Waals surface area contributed by atoms with E-state index in [9.17, 15) is 13.2 Å². The Morgan fingerprint density at radius 3 is 1.95 bits per heavy atom. The van der Waals surface area contributed by atoms with Gasteiger partial charge < -0.3 is 5.32 Å². The van der Waals surface area contributed by atoms with Crippen LogP contribution in [0.25, 0.3) is 0 Å². The summed E-state index contributed by atoms with van der Waals surface area (Å²) in [6.07, 6.45) is -3.92. The van der Waals surface area contributed by atoms with Gasteiger partial charge in [-0.15, -0.1) is 0 Å². The van der Waals surface area contributed by atoms with Crippen molar-refractivity contribution in [2.24, 2.45) is 0 Å². The molecule has 0 aliphatic rings. The average molecular weight is 282 g/mol. The molecule has 0 fully saturated rings. The number of nitrogens with zero attached hydrogens (tertiary/aromatic N) is 1. The van der Waals surface area contributed by atoms with Gasteiger partial charge in [0.1, 0.15) is 0 Å². The summed E-state index contributed by atoms with van der Waals surface area (Å²) >= 11 is 0. The molecule has 0 amide bonds. The van der Waals surface area contributed by atoms with Crippen molar-refractivity contribution >= 4 is 0 Å². The highest BCUT2D eigenvalue weighted by molar-refractivity contribution is 4.70. The lowest BCUT2D eigenvalue weighted by atomic mass is 10.1. The van der Waals surface area contributed by atoms with Crippen LogP contribution in [0.2, 0.25) is 0 Å². The number of nitrogens with one attached hydrogen (secondary N) is 1. The molecule has 0 saturated heterocycles. The zero-order valence-corrected chi connectivity index (χ0v) is 12.8. The van der Waals surface area contributed by atoms with Crippen LogP contribution in [-0.2, 0) is 0 Å². The second kappa shape index (κ2) is 8.80. The number of hydrogen-bond acceptors (Lipinski definition) is 2. The lowest BCUT2D eigenvalue weighted by Gasteiger charge is -2.31. The second-order valence-corrected chi connectivity index (χ2v) is 5.79. The first-order chi connectivity index (χ1) is 8.63. The number of hydrogen-bond donors (Lipinski definition) is 1. The van der Waals surface area contributed by atoms with Crippen LogP contribution in [0.15, 0.2) is 0 Å². The molecule has 0 rings (SSSR count). The van der Waals surface area contributed by atoms with Crippen molar-refractivity contribution < 1.29 is 13.2 Å². The van der Waals surface area contributed by atoms with Crippen molar-refractivity contribution in [3.05, 3.63) is 0 Å². The van der Waals surface area contributed by atoms with Crippen molar-refractivity contribution in [2.75, 3.05) is 13.1 Å². The maximum absolute atomic E-state index is 12.0. The Morgan fingerprint density at radius 1 is 1.00 bits per heavy atom. The number of alkyl halides is 3. The van der Waals surface area contributed by atoms with E-state index in [-0.39, 0.29) is 12.5 Å². The molecule has 0 aromatic heterocycles. The molecule has 0 saturated carbocycles. The Kier molecular flexibility index (Phi) is 8.66. The molecule has 0 aliphatic heterocycles. The van der Waals surface area contributed by atoms with Crippen LogP contribution in [0.5, 0.6) is 0 Å². The standard InChI is InChI=1S/C14H29F3N2/c1-11(2)19(12(3)4)10-9-18-13(5)7-6-8-14(15,16)17/h11-13,18H,6-10H2,1-5H3. The van der Waals surface area contributed by atoms with E-state index in [1.807, 2.05) is 6.92 Å². The van der Waals surface area contributed by atoms with Gasteiger partial charge in [0.05, 0.1) is 0 Å². The minimum atomic E-state index is -4.02. The normalized spacial score (nSPS) is 14.7. The molecule has 116 valence electrons. The molecule has 0 radical (unpaired) electrons. The Labute approximate surface area is 115 Å². The van der Waals surface area contributed by atoms with E-state index in [0.717, 1.165) is 13.1 Å². The zero-order chi connectivity index (χ0) is 15.1. The van der Waals surface area contributed by atoms with E-state index in [2.05, 4.69) is 37.9 Å². The molecule has 0 aromatic carbocycles. The van der Waals surface area contributed by atoms with E-state index in [4.69, 9.17) is 0 Å². The molecule has 19 heavy (non-hydrogen) atoms.